The van der Waals surface area contributed by atoms with Gasteiger partial charge in [-0.1, -0.05) is 32.9 Å². The van der Waals surface area contributed by atoms with Gasteiger partial charge in [-0.25, -0.2) is 13.1 Å². The van der Waals surface area contributed by atoms with Crippen molar-refractivity contribution < 1.29 is 18.6 Å². The first kappa shape index (κ1) is 18.1. The third-order valence-electron chi connectivity index (χ3n) is 4.00. The predicted molar refractivity (Wildman–Crippen MR) is 82.7 cm³/mol. The largest absolute Gasteiger partial charge is 0.394 e. The van der Waals surface area contributed by atoms with Crippen LogP contribution in [-0.2, 0) is 10.0 Å². The smallest absolute Gasteiger partial charge is 0.241 e. The molecule has 1 unspecified atom stereocenters. The molecule has 0 aliphatic rings. The lowest BCUT2D eigenvalue weighted by Gasteiger charge is -2.29. The topological polar surface area (TPSA) is 86.6 Å². The number of rotatable bonds is 8. The zero-order chi connectivity index (χ0) is 16.1. The van der Waals surface area contributed by atoms with Crippen LogP contribution in [0.4, 0.5) is 0 Å². The number of sulfonamides is 1. The van der Waals surface area contributed by atoms with Crippen LogP contribution in [0.25, 0.3) is 0 Å². The molecule has 21 heavy (non-hydrogen) atoms. The summed E-state index contributed by atoms with van der Waals surface area (Å²) in [5.74, 6) is 0.374. The molecule has 1 rings (SSSR count). The van der Waals surface area contributed by atoms with E-state index < -0.39 is 28.8 Å². The van der Waals surface area contributed by atoms with Gasteiger partial charge >= 0.3 is 0 Å². The molecule has 3 N–H and O–H groups in total. The van der Waals surface area contributed by atoms with E-state index in [0.29, 0.717) is 12.3 Å². The maximum absolute atomic E-state index is 12.3. The average Bonchev–Trinajstić information content (AvgIpc) is 2.52. The van der Waals surface area contributed by atoms with Crippen molar-refractivity contribution in [3.05, 3.63) is 29.8 Å². The summed E-state index contributed by atoms with van der Waals surface area (Å²) in [7, 11) is -3.77. The van der Waals surface area contributed by atoms with Gasteiger partial charge in [0.15, 0.2) is 0 Å². The molecule has 5 nitrogen and oxygen atoms in total. The quantitative estimate of drug-likeness (QED) is 0.680. The fourth-order valence-corrected chi connectivity index (χ4v) is 3.42. The number of aliphatic hydroxyl groups excluding tert-OH is 2. The first-order valence-corrected chi connectivity index (χ1v) is 8.68. The van der Waals surface area contributed by atoms with Gasteiger partial charge in [-0.15, -0.1) is 0 Å². The number of nitrogens with one attached hydrogen (secondary N) is 1. The summed E-state index contributed by atoms with van der Waals surface area (Å²) >= 11 is 0. The Hall–Kier alpha value is -0.950. The van der Waals surface area contributed by atoms with Gasteiger partial charge in [-0.3, -0.25) is 0 Å². The molecular formula is C15H25NO4S. The van der Waals surface area contributed by atoms with E-state index in [9.17, 15) is 18.6 Å². The maximum Gasteiger partial charge on any atom is 0.241 e. The molecule has 1 aromatic carbocycles. The molecule has 0 aromatic heterocycles. The molecule has 1 atom stereocenters. The Labute approximate surface area is 127 Å². The van der Waals surface area contributed by atoms with Gasteiger partial charge in [-0.2, -0.15) is 0 Å². The maximum atomic E-state index is 12.3. The van der Waals surface area contributed by atoms with Crippen LogP contribution in [-0.4, -0.2) is 37.4 Å². The van der Waals surface area contributed by atoms with Crippen LogP contribution in [0, 0.1) is 0 Å². The second-order valence-electron chi connectivity index (χ2n) is 5.43. The first-order chi connectivity index (χ1) is 9.84. The van der Waals surface area contributed by atoms with E-state index in [-0.39, 0.29) is 4.90 Å². The van der Waals surface area contributed by atoms with Crippen molar-refractivity contribution >= 4 is 10.0 Å². The molecule has 0 aliphatic heterocycles. The number of hydrogen-bond acceptors (Lipinski definition) is 4. The van der Waals surface area contributed by atoms with Gasteiger partial charge < -0.3 is 10.2 Å². The molecule has 0 heterocycles. The molecule has 0 saturated carbocycles. The summed E-state index contributed by atoms with van der Waals surface area (Å²) in [6.07, 6.45) is 1.28. The Kier molecular flexibility index (Phi) is 6.34. The molecule has 0 spiro atoms. The highest BCUT2D eigenvalue weighted by molar-refractivity contribution is 7.89. The summed E-state index contributed by atoms with van der Waals surface area (Å²) in [5.41, 5.74) is -0.142. The van der Waals surface area contributed by atoms with Gasteiger partial charge in [0.2, 0.25) is 10.0 Å². The first-order valence-electron chi connectivity index (χ1n) is 7.19. The molecule has 0 bridgehead atoms. The van der Waals surface area contributed by atoms with Crippen LogP contribution in [0.1, 0.15) is 45.1 Å². The highest BCUT2D eigenvalue weighted by atomic mass is 32.2. The highest BCUT2D eigenvalue weighted by Crippen LogP contribution is 2.21. The van der Waals surface area contributed by atoms with Crippen LogP contribution in [0.2, 0.25) is 0 Å². The Morgan fingerprint density at radius 2 is 1.67 bits per heavy atom. The zero-order valence-corrected chi connectivity index (χ0v) is 13.7. The minimum absolute atomic E-state index is 0.134. The third kappa shape index (κ3) is 4.26. The van der Waals surface area contributed by atoms with Crippen molar-refractivity contribution in [2.75, 3.05) is 13.2 Å². The van der Waals surface area contributed by atoms with Crippen LogP contribution in [0.5, 0.6) is 0 Å². The summed E-state index contributed by atoms with van der Waals surface area (Å²) in [5, 5.41) is 18.7. The van der Waals surface area contributed by atoms with Crippen molar-refractivity contribution in [1.82, 2.24) is 4.72 Å². The second kappa shape index (κ2) is 7.35. The van der Waals surface area contributed by atoms with Crippen LogP contribution >= 0.6 is 0 Å². The van der Waals surface area contributed by atoms with Crippen molar-refractivity contribution in [2.45, 2.75) is 50.0 Å². The van der Waals surface area contributed by atoms with Crippen LogP contribution < -0.4 is 4.72 Å². The number of aliphatic hydroxyl groups is 2. The molecule has 0 aliphatic carbocycles. The Morgan fingerprint density at radius 1 is 1.14 bits per heavy atom. The lowest BCUT2D eigenvalue weighted by molar-refractivity contribution is 0.105. The van der Waals surface area contributed by atoms with Crippen LogP contribution in [0.3, 0.4) is 0 Å². The summed E-state index contributed by atoms with van der Waals surface area (Å²) in [6, 6.07) is 6.71. The lowest BCUT2D eigenvalue weighted by Crippen LogP contribution is -2.53. The average molecular weight is 315 g/mol. The van der Waals surface area contributed by atoms with Crippen molar-refractivity contribution in [2.24, 2.45) is 0 Å². The van der Waals surface area contributed by atoms with E-state index in [1.807, 2.05) is 0 Å². The van der Waals surface area contributed by atoms with Crippen LogP contribution in [0.15, 0.2) is 29.2 Å². The molecule has 0 amide bonds. The number of hydrogen-bond donors (Lipinski definition) is 3. The molecule has 0 saturated heterocycles. The van der Waals surface area contributed by atoms with Crippen molar-refractivity contribution in [3.8, 4) is 0 Å². The Morgan fingerprint density at radius 3 is 2.05 bits per heavy atom. The summed E-state index contributed by atoms with van der Waals surface area (Å²) < 4.78 is 27.1. The van der Waals surface area contributed by atoms with E-state index in [1.54, 1.807) is 31.2 Å². The fraction of sp³-hybridized carbons (Fsp3) is 0.600. The minimum Gasteiger partial charge on any atom is -0.394 e. The predicted octanol–water partition coefficient (Wildman–Crippen LogP) is 1.61. The van der Waals surface area contributed by atoms with Gasteiger partial charge in [0.05, 0.1) is 23.6 Å². The molecular weight excluding hydrogens is 290 g/mol. The molecule has 0 fully saturated rings. The monoisotopic (exact) mass is 315 g/mol. The fourth-order valence-electron chi connectivity index (χ4n) is 1.97. The highest BCUT2D eigenvalue weighted by Gasteiger charge is 2.32. The van der Waals surface area contributed by atoms with Gasteiger partial charge in [0, 0.05) is 0 Å². The van der Waals surface area contributed by atoms with E-state index in [0.717, 1.165) is 12.0 Å². The zero-order valence-electron chi connectivity index (χ0n) is 12.8. The SMILES string of the molecule is CCC(C)c1ccc(S(=O)(=O)NC(CC)(CO)CO)cc1. The van der Waals surface area contributed by atoms with Crippen molar-refractivity contribution in [1.29, 1.82) is 0 Å². The number of benzene rings is 1. The molecule has 6 heteroatoms. The normalized spacial score (nSPS) is 14.1. The molecule has 1 aromatic rings. The Balaban J connectivity index is 3.03. The molecule has 0 radical (unpaired) electrons. The standard InChI is InChI=1S/C15H25NO4S/c1-4-12(3)13-6-8-14(9-7-13)21(19,20)16-15(5-2,10-17)11-18/h6-9,12,16-18H,4-5,10-11H2,1-3H3. The summed E-state index contributed by atoms with van der Waals surface area (Å²) in [4.78, 5) is 0.134. The molecule has 120 valence electrons. The van der Waals surface area contributed by atoms with Crippen molar-refractivity contribution in [3.63, 3.8) is 0 Å². The third-order valence-corrected chi connectivity index (χ3v) is 5.60. The minimum atomic E-state index is -3.77. The van der Waals surface area contributed by atoms with E-state index >= 15 is 0 Å². The lowest BCUT2D eigenvalue weighted by atomic mass is 9.99. The van der Waals surface area contributed by atoms with Gasteiger partial charge in [0.1, 0.15) is 0 Å². The van der Waals surface area contributed by atoms with Gasteiger partial charge in [-0.05, 0) is 36.5 Å². The summed E-state index contributed by atoms with van der Waals surface area (Å²) in [6.45, 7) is 4.96. The van der Waals surface area contributed by atoms with Gasteiger partial charge in [0.25, 0.3) is 0 Å². The Bertz CT molecular complexity index is 527. The van der Waals surface area contributed by atoms with E-state index in [1.165, 1.54) is 0 Å². The van der Waals surface area contributed by atoms with E-state index in [4.69, 9.17) is 0 Å². The van der Waals surface area contributed by atoms with E-state index in [2.05, 4.69) is 18.6 Å². The second-order valence-corrected chi connectivity index (χ2v) is 7.12.